The number of amides is 1. The van der Waals surface area contributed by atoms with Gasteiger partial charge in [-0.1, -0.05) is 32.4 Å². The molecule has 0 saturated carbocycles. The standard InChI is InChI=1S/C17H25ClN2O3S2/c1-17(2,3)24-11-8-19-16(21)13-6-7-14(18)15(12-13)25(22,23)20-9-4-5-10-20/h6-7,12H,4-5,8-11H2,1-3H3,(H,19,21). The van der Waals surface area contributed by atoms with Crippen molar-refractivity contribution in [2.75, 3.05) is 25.4 Å². The molecule has 1 amide bonds. The number of rotatable bonds is 6. The van der Waals surface area contributed by atoms with E-state index in [1.807, 2.05) is 0 Å². The number of halogens is 1. The maximum absolute atomic E-state index is 12.7. The minimum absolute atomic E-state index is 0.00721. The molecule has 8 heteroatoms. The van der Waals surface area contributed by atoms with E-state index < -0.39 is 10.0 Å². The molecule has 5 nitrogen and oxygen atoms in total. The summed E-state index contributed by atoms with van der Waals surface area (Å²) in [5.74, 6) is 0.505. The van der Waals surface area contributed by atoms with E-state index in [2.05, 4.69) is 26.1 Å². The Morgan fingerprint density at radius 2 is 1.92 bits per heavy atom. The largest absolute Gasteiger partial charge is 0.351 e. The SMILES string of the molecule is CC(C)(C)SCCNC(=O)c1ccc(Cl)c(S(=O)(=O)N2CCCC2)c1. The van der Waals surface area contributed by atoms with Gasteiger partial charge in [-0.05, 0) is 31.0 Å². The zero-order chi connectivity index (χ0) is 18.7. The van der Waals surface area contributed by atoms with E-state index >= 15 is 0 Å². The number of benzene rings is 1. The molecule has 0 unspecified atom stereocenters. The van der Waals surface area contributed by atoms with Crippen LogP contribution in [-0.2, 0) is 10.0 Å². The molecule has 1 saturated heterocycles. The summed E-state index contributed by atoms with van der Waals surface area (Å²) in [5, 5.41) is 2.97. The van der Waals surface area contributed by atoms with Crippen molar-refractivity contribution in [2.24, 2.45) is 0 Å². The Hall–Kier alpha value is -0.760. The molecule has 0 bridgehead atoms. The van der Waals surface area contributed by atoms with Crippen LogP contribution in [0.5, 0.6) is 0 Å². The summed E-state index contributed by atoms with van der Waals surface area (Å²) >= 11 is 7.86. The third-order valence-corrected chi connectivity index (χ3v) is 7.45. The van der Waals surface area contributed by atoms with Crippen LogP contribution in [0.15, 0.2) is 23.1 Å². The fourth-order valence-corrected chi connectivity index (χ4v) is 5.37. The van der Waals surface area contributed by atoms with Crippen molar-refractivity contribution in [3.8, 4) is 0 Å². The van der Waals surface area contributed by atoms with E-state index in [9.17, 15) is 13.2 Å². The first-order chi connectivity index (χ1) is 11.6. The van der Waals surface area contributed by atoms with Crippen molar-refractivity contribution in [1.29, 1.82) is 0 Å². The highest BCUT2D eigenvalue weighted by molar-refractivity contribution is 8.00. The molecule has 1 fully saturated rings. The molecule has 0 atom stereocenters. The monoisotopic (exact) mass is 404 g/mol. The molecule has 0 spiro atoms. The number of sulfonamides is 1. The van der Waals surface area contributed by atoms with Gasteiger partial charge < -0.3 is 5.32 Å². The predicted octanol–water partition coefficient (Wildman–Crippen LogP) is 3.39. The minimum atomic E-state index is -3.65. The molecule has 1 aliphatic rings. The topological polar surface area (TPSA) is 66.5 Å². The summed E-state index contributed by atoms with van der Waals surface area (Å²) in [6.45, 7) is 7.88. The zero-order valence-corrected chi connectivity index (χ0v) is 17.2. The molecule has 2 rings (SSSR count). The summed E-state index contributed by atoms with van der Waals surface area (Å²) in [5.41, 5.74) is 0.308. The maximum atomic E-state index is 12.7. The van der Waals surface area contributed by atoms with Crippen LogP contribution in [0.2, 0.25) is 5.02 Å². The van der Waals surface area contributed by atoms with Gasteiger partial charge in [0.15, 0.2) is 0 Å². The number of thioether (sulfide) groups is 1. The Bertz CT molecular complexity index is 724. The Morgan fingerprint density at radius 3 is 2.52 bits per heavy atom. The van der Waals surface area contributed by atoms with Crippen molar-refractivity contribution in [2.45, 2.75) is 43.3 Å². The molecule has 0 aliphatic carbocycles. The van der Waals surface area contributed by atoms with Crippen LogP contribution in [0.3, 0.4) is 0 Å². The molecule has 1 aromatic rings. The second-order valence-electron chi connectivity index (χ2n) is 6.97. The first-order valence-electron chi connectivity index (χ1n) is 8.33. The lowest BCUT2D eigenvalue weighted by Gasteiger charge is -2.18. The quantitative estimate of drug-likeness (QED) is 0.738. The minimum Gasteiger partial charge on any atom is -0.351 e. The lowest BCUT2D eigenvalue weighted by Crippen LogP contribution is -2.29. The Balaban J connectivity index is 2.09. The van der Waals surface area contributed by atoms with Crippen LogP contribution >= 0.6 is 23.4 Å². The Morgan fingerprint density at radius 1 is 1.28 bits per heavy atom. The summed E-state index contributed by atoms with van der Waals surface area (Å²) < 4.78 is 27.0. The number of hydrogen-bond acceptors (Lipinski definition) is 4. The van der Waals surface area contributed by atoms with Crippen LogP contribution in [-0.4, -0.2) is 48.8 Å². The highest BCUT2D eigenvalue weighted by Crippen LogP contribution is 2.28. The third-order valence-electron chi connectivity index (χ3n) is 3.80. The number of nitrogens with zero attached hydrogens (tertiary/aromatic N) is 1. The van der Waals surface area contributed by atoms with Gasteiger partial charge in [0.1, 0.15) is 4.90 Å². The maximum Gasteiger partial charge on any atom is 0.251 e. The van der Waals surface area contributed by atoms with E-state index in [1.54, 1.807) is 17.8 Å². The summed E-state index contributed by atoms with van der Waals surface area (Å²) in [6.07, 6.45) is 1.70. The van der Waals surface area contributed by atoms with Crippen molar-refractivity contribution in [1.82, 2.24) is 9.62 Å². The fraction of sp³-hybridized carbons (Fsp3) is 0.588. The van der Waals surface area contributed by atoms with Gasteiger partial charge in [0.25, 0.3) is 5.91 Å². The molecular weight excluding hydrogens is 380 g/mol. The molecule has 25 heavy (non-hydrogen) atoms. The van der Waals surface area contributed by atoms with Gasteiger partial charge in [-0.25, -0.2) is 8.42 Å². The van der Waals surface area contributed by atoms with Gasteiger partial charge in [0.05, 0.1) is 5.02 Å². The van der Waals surface area contributed by atoms with Crippen LogP contribution in [0.4, 0.5) is 0 Å². The lowest BCUT2D eigenvalue weighted by atomic mass is 10.2. The summed E-state index contributed by atoms with van der Waals surface area (Å²) in [6, 6.07) is 4.41. The smallest absolute Gasteiger partial charge is 0.251 e. The molecule has 1 aromatic carbocycles. The molecule has 0 radical (unpaired) electrons. The van der Waals surface area contributed by atoms with Crippen molar-refractivity contribution in [3.63, 3.8) is 0 Å². The Labute approximate surface area is 159 Å². The fourth-order valence-electron chi connectivity index (χ4n) is 2.53. The average Bonchev–Trinajstić information content (AvgIpc) is 3.06. The second kappa shape index (κ2) is 8.29. The van der Waals surface area contributed by atoms with E-state index in [1.165, 1.54) is 16.4 Å². The zero-order valence-electron chi connectivity index (χ0n) is 14.8. The molecular formula is C17H25ClN2O3S2. The molecule has 1 N–H and O–H groups in total. The molecule has 140 valence electrons. The van der Waals surface area contributed by atoms with Crippen LogP contribution in [0, 0.1) is 0 Å². The highest BCUT2D eigenvalue weighted by Gasteiger charge is 2.29. The lowest BCUT2D eigenvalue weighted by molar-refractivity contribution is 0.0956. The molecule has 1 aliphatic heterocycles. The van der Waals surface area contributed by atoms with Crippen LogP contribution < -0.4 is 5.32 Å². The number of carbonyl (C=O) groups is 1. The summed E-state index contributed by atoms with van der Waals surface area (Å²) in [4.78, 5) is 12.3. The number of carbonyl (C=O) groups excluding carboxylic acids is 1. The summed E-state index contributed by atoms with van der Waals surface area (Å²) in [7, 11) is -3.65. The van der Waals surface area contributed by atoms with E-state index in [0.717, 1.165) is 18.6 Å². The van der Waals surface area contributed by atoms with Gasteiger partial charge in [0.2, 0.25) is 10.0 Å². The Kier molecular flexibility index (Phi) is 6.81. The van der Waals surface area contributed by atoms with Gasteiger partial charge in [-0.2, -0.15) is 16.1 Å². The average molecular weight is 405 g/mol. The van der Waals surface area contributed by atoms with Crippen molar-refractivity contribution >= 4 is 39.3 Å². The number of nitrogens with one attached hydrogen (secondary N) is 1. The molecule has 0 aromatic heterocycles. The third kappa shape index (κ3) is 5.61. The highest BCUT2D eigenvalue weighted by atomic mass is 35.5. The number of hydrogen-bond donors (Lipinski definition) is 1. The van der Waals surface area contributed by atoms with Crippen LogP contribution in [0.25, 0.3) is 0 Å². The predicted molar refractivity (Wildman–Crippen MR) is 104 cm³/mol. The van der Waals surface area contributed by atoms with Crippen molar-refractivity contribution in [3.05, 3.63) is 28.8 Å². The van der Waals surface area contributed by atoms with Crippen molar-refractivity contribution < 1.29 is 13.2 Å². The first kappa shape index (κ1) is 20.6. The van der Waals surface area contributed by atoms with E-state index in [4.69, 9.17) is 11.6 Å². The first-order valence-corrected chi connectivity index (χ1v) is 11.1. The second-order valence-corrected chi connectivity index (χ2v) is 11.2. The van der Waals surface area contributed by atoms with E-state index in [-0.39, 0.29) is 20.6 Å². The van der Waals surface area contributed by atoms with E-state index in [0.29, 0.717) is 25.2 Å². The molecule has 1 heterocycles. The van der Waals surface area contributed by atoms with Gasteiger partial charge >= 0.3 is 0 Å². The van der Waals surface area contributed by atoms with Gasteiger partial charge in [-0.15, -0.1) is 0 Å². The van der Waals surface area contributed by atoms with Crippen LogP contribution in [0.1, 0.15) is 44.0 Å². The van der Waals surface area contributed by atoms with Gasteiger partial charge in [0, 0.05) is 35.7 Å². The van der Waals surface area contributed by atoms with Gasteiger partial charge in [-0.3, -0.25) is 4.79 Å². The normalized spacial score (nSPS) is 16.2.